The number of benzene rings is 2. The Morgan fingerprint density at radius 2 is 1.91 bits per heavy atom. The summed E-state index contributed by atoms with van der Waals surface area (Å²) in [7, 11) is 1.63. The quantitative estimate of drug-likeness (QED) is 0.653. The van der Waals surface area contributed by atoms with Gasteiger partial charge in [0.1, 0.15) is 5.75 Å². The Labute approximate surface area is 195 Å². The average Bonchev–Trinajstić information content (AvgIpc) is 3.20. The lowest BCUT2D eigenvalue weighted by molar-refractivity contribution is 0.0324. The van der Waals surface area contributed by atoms with Crippen LogP contribution < -0.4 is 9.64 Å². The Morgan fingerprint density at radius 3 is 2.76 bits per heavy atom. The molecule has 2 atom stereocenters. The van der Waals surface area contributed by atoms with Crippen LogP contribution in [0, 0.1) is 0 Å². The van der Waals surface area contributed by atoms with E-state index in [1.54, 1.807) is 7.11 Å². The van der Waals surface area contributed by atoms with Crippen molar-refractivity contribution < 1.29 is 14.3 Å². The third-order valence-electron chi connectivity index (χ3n) is 6.79. The maximum atomic E-state index is 13.7. The Morgan fingerprint density at radius 1 is 1.09 bits per heavy atom. The molecular formula is C27H31N3O3. The number of rotatable bonds is 7. The summed E-state index contributed by atoms with van der Waals surface area (Å²) >= 11 is 0. The van der Waals surface area contributed by atoms with Gasteiger partial charge in [0.2, 0.25) is 0 Å². The standard InChI is InChI=1S/C27H31N3O3/c1-32-22-8-6-7-21(19-22)27(31)29(14-13-28-15-17-33-18-16-28)20-30-25-11-4-2-9-23(25)24-10-3-5-12-26(24)30/h2-12,19,23,25H,13-18,20H2,1H3. The van der Waals surface area contributed by atoms with Crippen LogP contribution in [0.25, 0.3) is 0 Å². The number of anilines is 1. The highest BCUT2D eigenvalue weighted by atomic mass is 16.5. The molecule has 1 fully saturated rings. The smallest absolute Gasteiger partial charge is 0.255 e. The van der Waals surface area contributed by atoms with Gasteiger partial charge in [0.05, 0.1) is 33.0 Å². The maximum Gasteiger partial charge on any atom is 0.255 e. The molecule has 1 saturated heterocycles. The Hall–Kier alpha value is -3.09. The normalized spacial score (nSPS) is 21.5. The number of methoxy groups -OCH3 is 1. The predicted molar refractivity (Wildman–Crippen MR) is 130 cm³/mol. The second kappa shape index (κ2) is 9.81. The molecule has 2 aromatic carbocycles. The predicted octanol–water partition coefficient (Wildman–Crippen LogP) is 3.53. The summed E-state index contributed by atoms with van der Waals surface area (Å²) in [6.45, 7) is 5.35. The van der Waals surface area contributed by atoms with Crippen molar-refractivity contribution in [1.82, 2.24) is 9.80 Å². The largest absolute Gasteiger partial charge is 0.497 e. The third kappa shape index (κ3) is 4.54. The molecular weight excluding hydrogens is 414 g/mol. The molecule has 172 valence electrons. The van der Waals surface area contributed by atoms with Crippen molar-refractivity contribution in [2.24, 2.45) is 0 Å². The molecule has 1 amide bonds. The minimum atomic E-state index is 0.0263. The van der Waals surface area contributed by atoms with Crippen molar-refractivity contribution >= 4 is 11.6 Å². The highest BCUT2D eigenvalue weighted by Crippen LogP contribution is 2.43. The second-order valence-corrected chi connectivity index (χ2v) is 8.71. The van der Waals surface area contributed by atoms with Crippen LogP contribution in [0.4, 0.5) is 5.69 Å². The number of morpholine rings is 1. The lowest BCUT2D eigenvalue weighted by Gasteiger charge is -2.36. The third-order valence-corrected chi connectivity index (χ3v) is 6.79. The van der Waals surface area contributed by atoms with Crippen LogP contribution >= 0.6 is 0 Å². The van der Waals surface area contributed by atoms with Gasteiger partial charge in [-0.15, -0.1) is 0 Å². The molecule has 3 aliphatic rings. The summed E-state index contributed by atoms with van der Waals surface area (Å²) in [6.07, 6.45) is 8.76. The van der Waals surface area contributed by atoms with Crippen molar-refractivity contribution in [3.63, 3.8) is 0 Å². The fourth-order valence-corrected chi connectivity index (χ4v) is 4.99. The summed E-state index contributed by atoms with van der Waals surface area (Å²) in [5.74, 6) is 1.04. The number of hydrogen-bond acceptors (Lipinski definition) is 5. The number of carbonyl (C=O) groups excluding carboxylic acids is 1. The van der Waals surface area contributed by atoms with Crippen LogP contribution in [-0.2, 0) is 4.74 Å². The van der Waals surface area contributed by atoms with Crippen molar-refractivity contribution in [3.05, 3.63) is 84.0 Å². The van der Waals surface area contributed by atoms with Crippen molar-refractivity contribution in [2.75, 3.05) is 58.1 Å². The zero-order valence-electron chi connectivity index (χ0n) is 19.1. The zero-order valence-corrected chi connectivity index (χ0v) is 19.1. The number of hydrogen-bond donors (Lipinski definition) is 0. The number of ether oxygens (including phenoxy) is 2. The van der Waals surface area contributed by atoms with E-state index in [4.69, 9.17) is 9.47 Å². The van der Waals surface area contributed by atoms with Gasteiger partial charge in [0.25, 0.3) is 5.91 Å². The van der Waals surface area contributed by atoms with Crippen LogP contribution in [0.3, 0.4) is 0 Å². The summed E-state index contributed by atoms with van der Waals surface area (Å²) in [6, 6.07) is 16.2. The van der Waals surface area contributed by atoms with Crippen LogP contribution in [-0.4, -0.2) is 74.9 Å². The number of carbonyl (C=O) groups is 1. The number of nitrogens with zero attached hydrogens (tertiary/aromatic N) is 3. The van der Waals surface area contributed by atoms with E-state index >= 15 is 0 Å². The van der Waals surface area contributed by atoms with Gasteiger partial charge in [-0.3, -0.25) is 9.69 Å². The van der Waals surface area contributed by atoms with Gasteiger partial charge in [-0.25, -0.2) is 0 Å². The molecule has 0 bridgehead atoms. The molecule has 6 nitrogen and oxygen atoms in total. The van der Waals surface area contributed by atoms with E-state index in [2.05, 4.69) is 58.4 Å². The Kier molecular flexibility index (Phi) is 6.46. The second-order valence-electron chi connectivity index (χ2n) is 8.71. The summed E-state index contributed by atoms with van der Waals surface area (Å²) < 4.78 is 10.9. The zero-order chi connectivity index (χ0) is 22.6. The molecule has 2 unspecified atom stereocenters. The lowest BCUT2D eigenvalue weighted by atomic mass is 9.92. The Bertz CT molecular complexity index is 1040. The van der Waals surface area contributed by atoms with Gasteiger partial charge in [0.15, 0.2) is 0 Å². The average molecular weight is 446 g/mol. The van der Waals surface area contributed by atoms with Crippen LogP contribution in [0.2, 0.25) is 0 Å². The van der Waals surface area contributed by atoms with Crippen molar-refractivity contribution in [3.8, 4) is 5.75 Å². The van der Waals surface area contributed by atoms with Crippen LogP contribution in [0.1, 0.15) is 21.8 Å². The van der Waals surface area contributed by atoms with Crippen LogP contribution in [0.15, 0.2) is 72.8 Å². The minimum Gasteiger partial charge on any atom is -0.497 e. The van der Waals surface area contributed by atoms with Gasteiger partial charge < -0.3 is 19.3 Å². The first kappa shape index (κ1) is 21.7. The molecule has 33 heavy (non-hydrogen) atoms. The van der Waals surface area contributed by atoms with Gasteiger partial charge in [-0.1, -0.05) is 48.6 Å². The molecule has 2 aromatic rings. The first-order valence-electron chi connectivity index (χ1n) is 11.7. The molecule has 5 rings (SSSR count). The van der Waals surface area contributed by atoms with Crippen molar-refractivity contribution in [2.45, 2.75) is 12.0 Å². The van der Waals surface area contributed by atoms with E-state index in [0.717, 1.165) is 32.8 Å². The van der Waals surface area contributed by atoms with Gasteiger partial charge >= 0.3 is 0 Å². The molecule has 0 saturated carbocycles. The number of amides is 1. The molecule has 1 aliphatic carbocycles. The number of fused-ring (bicyclic) bond motifs is 3. The highest BCUT2D eigenvalue weighted by Gasteiger charge is 2.37. The van der Waals surface area contributed by atoms with E-state index in [0.29, 0.717) is 30.4 Å². The van der Waals surface area contributed by atoms with E-state index in [-0.39, 0.29) is 11.9 Å². The first-order chi connectivity index (χ1) is 16.2. The van der Waals surface area contributed by atoms with Gasteiger partial charge in [0, 0.05) is 43.3 Å². The molecule has 6 heteroatoms. The molecule has 0 aromatic heterocycles. The molecule has 2 aliphatic heterocycles. The first-order valence-corrected chi connectivity index (χ1v) is 11.7. The summed E-state index contributed by atoms with van der Waals surface area (Å²) in [4.78, 5) is 20.4. The van der Waals surface area contributed by atoms with Gasteiger partial charge in [-0.05, 0) is 29.8 Å². The molecule has 0 spiro atoms. The monoisotopic (exact) mass is 445 g/mol. The lowest BCUT2D eigenvalue weighted by Crippen LogP contribution is -2.48. The molecule has 2 heterocycles. The minimum absolute atomic E-state index is 0.0263. The number of para-hydroxylation sites is 1. The molecule has 0 radical (unpaired) electrons. The maximum absolute atomic E-state index is 13.7. The van der Waals surface area contributed by atoms with E-state index < -0.39 is 0 Å². The Balaban J connectivity index is 1.41. The number of allylic oxidation sites excluding steroid dienone is 2. The summed E-state index contributed by atoms with van der Waals surface area (Å²) in [5, 5.41) is 0. The fraction of sp³-hybridized carbons (Fsp3) is 0.370. The van der Waals surface area contributed by atoms with E-state index in [1.807, 2.05) is 29.2 Å². The summed E-state index contributed by atoms with van der Waals surface area (Å²) in [5.41, 5.74) is 3.18. The van der Waals surface area contributed by atoms with Crippen LogP contribution in [0.5, 0.6) is 5.75 Å². The van der Waals surface area contributed by atoms with Crippen molar-refractivity contribution in [1.29, 1.82) is 0 Å². The highest BCUT2D eigenvalue weighted by molar-refractivity contribution is 5.94. The van der Waals surface area contributed by atoms with E-state index in [1.165, 1.54) is 11.3 Å². The van der Waals surface area contributed by atoms with E-state index in [9.17, 15) is 4.79 Å². The fourth-order valence-electron chi connectivity index (χ4n) is 4.99. The van der Waals surface area contributed by atoms with Gasteiger partial charge in [-0.2, -0.15) is 0 Å². The topological polar surface area (TPSA) is 45.3 Å². The SMILES string of the molecule is COc1cccc(C(=O)N(CCN2CCOCC2)CN2c3ccccc3C3C=CC=CC32)c1. The molecule has 0 N–H and O–H groups in total.